The number of benzene rings is 7. The van der Waals surface area contributed by atoms with Crippen LogP contribution in [0.3, 0.4) is 0 Å². The molecule has 0 aliphatic carbocycles. The van der Waals surface area contributed by atoms with Gasteiger partial charge in [0.25, 0.3) is 0 Å². The molecule has 0 aromatic heterocycles. The number of aromatic hydroxyl groups is 7. The molecule has 7 aromatic rings. The van der Waals surface area contributed by atoms with E-state index in [0.29, 0.717) is 28.7 Å². The highest BCUT2D eigenvalue weighted by Gasteiger charge is 2.22. The summed E-state index contributed by atoms with van der Waals surface area (Å²) >= 11 is 0. The lowest BCUT2D eigenvalue weighted by Crippen LogP contribution is -2.18. The summed E-state index contributed by atoms with van der Waals surface area (Å²) < 4.78 is 0. The molecule has 7 aromatic carbocycles. The Labute approximate surface area is 366 Å². The summed E-state index contributed by atoms with van der Waals surface area (Å²) in [6.45, 7) is 17.0. The number of hydrogen-bond donors (Lipinski definition) is 7. The van der Waals surface area contributed by atoms with Crippen LogP contribution in [-0.2, 0) is 5.41 Å². The van der Waals surface area contributed by atoms with E-state index < -0.39 is 0 Å². The molecule has 0 unspecified atom stereocenters. The van der Waals surface area contributed by atoms with Gasteiger partial charge in [0.1, 0.15) is 40.2 Å². The van der Waals surface area contributed by atoms with Gasteiger partial charge in [0.05, 0.1) is 0 Å². The average molecular weight is 831 g/mol. The van der Waals surface area contributed by atoms with E-state index in [2.05, 4.69) is 55.4 Å². The van der Waals surface area contributed by atoms with Gasteiger partial charge in [0.15, 0.2) is 0 Å². The van der Waals surface area contributed by atoms with Gasteiger partial charge in [-0.1, -0.05) is 190 Å². The molecule has 0 spiro atoms. The maximum atomic E-state index is 9.30. The SMILES string of the molecule is CC(C)(c1ccc(O)cc1)c1ccc(O)cc1.CCC.CCC.CCC.Oc1ccccc1.Oc1ccccc1.Oc1ccccc1.Oc1ccccc1.Oc1ccccc1. The van der Waals surface area contributed by atoms with Gasteiger partial charge in [-0.05, 0) is 96.1 Å². The summed E-state index contributed by atoms with van der Waals surface area (Å²) in [5, 5.41) is 61.8. The second-order valence-electron chi connectivity index (χ2n) is 13.5. The molecule has 7 N–H and O–H groups in total. The maximum absolute atomic E-state index is 9.30. The fourth-order valence-electron chi connectivity index (χ4n) is 4.06. The Balaban J connectivity index is 0. The second kappa shape index (κ2) is 37.4. The van der Waals surface area contributed by atoms with Crippen LogP contribution in [0, 0.1) is 0 Å². The molecule has 0 heterocycles. The van der Waals surface area contributed by atoms with Gasteiger partial charge in [0, 0.05) is 5.41 Å². The van der Waals surface area contributed by atoms with Crippen molar-refractivity contribution >= 4 is 0 Å². The van der Waals surface area contributed by atoms with Crippen LogP contribution in [0.5, 0.6) is 40.2 Å². The Bertz CT molecular complexity index is 1650. The smallest absolute Gasteiger partial charge is 0.115 e. The third-order valence-electron chi connectivity index (χ3n) is 6.96. The summed E-state index contributed by atoms with van der Waals surface area (Å²) in [5.74, 6) is 2.16. The van der Waals surface area contributed by atoms with Crippen LogP contribution in [0.25, 0.3) is 0 Å². The molecule has 0 aliphatic rings. The van der Waals surface area contributed by atoms with Crippen molar-refractivity contribution in [3.05, 3.63) is 211 Å². The quantitative estimate of drug-likeness (QED) is 0.0920. The number of phenols is 7. The van der Waals surface area contributed by atoms with Crippen molar-refractivity contribution in [2.75, 3.05) is 0 Å². The van der Waals surface area contributed by atoms with Gasteiger partial charge >= 0.3 is 0 Å². The van der Waals surface area contributed by atoms with Crippen molar-refractivity contribution < 1.29 is 35.7 Å². The first kappa shape index (κ1) is 56.2. The first-order chi connectivity index (χ1) is 29.2. The highest BCUT2D eigenvalue weighted by Crippen LogP contribution is 2.33. The average Bonchev–Trinajstić information content (AvgIpc) is 3.25. The molecule has 328 valence electrons. The molecule has 7 nitrogen and oxygen atoms in total. The number of para-hydroxylation sites is 5. The Hall–Kier alpha value is -6.86. The zero-order valence-electron chi connectivity index (χ0n) is 37.3. The standard InChI is InChI=1S/C15H16O2.5C6H6O.3C3H8/c1-15(2,11-3-7-13(16)8-4-11)12-5-9-14(17)10-6-12;5*7-6-4-2-1-3-5-6;3*1-3-2/h3-10,16-17H,1-2H3;5*1-5,7H;3*3H2,1-2H3. The fraction of sp³-hybridized carbons (Fsp3) is 0.222. The van der Waals surface area contributed by atoms with E-state index in [0.717, 1.165) is 11.1 Å². The van der Waals surface area contributed by atoms with Gasteiger partial charge in [-0.25, -0.2) is 0 Å². The molecule has 0 amide bonds. The molecule has 0 atom stereocenters. The normalized spacial score (nSPS) is 8.98. The molecule has 7 rings (SSSR count). The van der Waals surface area contributed by atoms with Gasteiger partial charge in [-0.15, -0.1) is 0 Å². The molecular weight excluding hydrogens is 761 g/mol. The van der Waals surface area contributed by atoms with Crippen molar-refractivity contribution in [2.24, 2.45) is 0 Å². The minimum absolute atomic E-state index is 0.151. The second-order valence-corrected chi connectivity index (χ2v) is 13.5. The molecular formula is C54H70O7. The van der Waals surface area contributed by atoms with Crippen LogP contribution in [0.2, 0.25) is 0 Å². The number of rotatable bonds is 2. The fourth-order valence-corrected chi connectivity index (χ4v) is 4.06. The first-order valence-electron chi connectivity index (χ1n) is 20.5. The number of phenolic OH excluding ortho intramolecular Hbond substituents is 7. The Morgan fingerprint density at radius 3 is 0.492 bits per heavy atom. The van der Waals surface area contributed by atoms with Crippen molar-refractivity contribution in [1.29, 1.82) is 0 Å². The van der Waals surface area contributed by atoms with Crippen LogP contribution in [0.15, 0.2) is 200 Å². The lowest BCUT2D eigenvalue weighted by molar-refractivity contribution is 0.473. The Morgan fingerprint density at radius 1 is 0.246 bits per heavy atom. The lowest BCUT2D eigenvalue weighted by Gasteiger charge is -2.26. The predicted molar refractivity (Wildman–Crippen MR) is 257 cm³/mol. The van der Waals surface area contributed by atoms with Crippen LogP contribution in [-0.4, -0.2) is 35.7 Å². The predicted octanol–water partition coefficient (Wildman–Crippen LogP) is 14.6. The minimum atomic E-state index is -0.151. The largest absolute Gasteiger partial charge is 0.508 e. The molecule has 0 fully saturated rings. The minimum Gasteiger partial charge on any atom is -0.508 e. The highest BCUT2D eigenvalue weighted by atomic mass is 16.3. The first-order valence-corrected chi connectivity index (χ1v) is 20.5. The molecule has 61 heavy (non-hydrogen) atoms. The summed E-state index contributed by atoms with van der Waals surface area (Å²) in [4.78, 5) is 0. The van der Waals surface area contributed by atoms with E-state index in [4.69, 9.17) is 25.5 Å². The van der Waals surface area contributed by atoms with Crippen molar-refractivity contribution in [2.45, 2.75) is 80.1 Å². The Morgan fingerprint density at radius 2 is 0.377 bits per heavy atom. The van der Waals surface area contributed by atoms with Crippen LogP contribution < -0.4 is 0 Å². The van der Waals surface area contributed by atoms with Crippen LogP contribution in [0.1, 0.15) is 85.8 Å². The molecule has 0 bridgehead atoms. The van der Waals surface area contributed by atoms with E-state index >= 15 is 0 Å². The van der Waals surface area contributed by atoms with Crippen molar-refractivity contribution in [3.63, 3.8) is 0 Å². The molecule has 0 saturated carbocycles. The summed E-state index contributed by atoms with van der Waals surface area (Å²) in [7, 11) is 0. The van der Waals surface area contributed by atoms with Crippen LogP contribution in [0.4, 0.5) is 0 Å². The maximum Gasteiger partial charge on any atom is 0.115 e. The molecule has 7 heteroatoms. The molecule has 0 saturated heterocycles. The van der Waals surface area contributed by atoms with E-state index in [-0.39, 0.29) is 16.9 Å². The van der Waals surface area contributed by atoms with Gasteiger partial charge in [-0.3, -0.25) is 0 Å². The summed E-state index contributed by atoms with van der Waals surface area (Å²) in [6, 6.07) is 58.0. The van der Waals surface area contributed by atoms with Crippen molar-refractivity contribution in [3.8, 4) is 40.2 Å². The van der Waals surface area contributed by atoms with E-state index in [1.54, 1.807) is 146 Å². The third-order valence-corrected chi connectivity index (χ3v) is 6.96. The third kappa shape index (κ3) is 32.8. The number of hydrogen-bond acceptors (Lipinski definition) is 7. The zero-order valence-corrected chi connectivity index (χ0v) is 37.3. The molecule has 0 radical (unpaired) electrons. The molecule has 0 aliphatic heterocycles. The zero-order chi connectivity index (χ0) is 46.2. The van der Waals surface area contributed by atoms with Gasteiger partial charge in [-0.2, -0.15) is 0 Å². The summed E-state index contributed by atoms with van der Waals surface area (Å²) in [6.07, 6.45) is 3.75. The topological polar surface area (TPSA) is 142 Å². The van der Waals surface area contributed by atoms with E-state index in [9.17, 15) is 10.2 Å². The van der Waals surface area contributed by atoms with Gasteiger partial charge in [0.2, 0.25) is 0 Å². The van der Waals surface area contributed by atoms with Crippen LogP contribution >= 0.6 is 0 Å². The Kier molecular flexibility index (Phi) is 34.5. The van der Waals surface area contributed by atoms with Gasteiger partial charge < -0.3 is 35.7 Å². The van der Waals surface area contributed by atoms with E-state index in [1.807, 2.05) is 54.6 Å². The summed E-state index contributed by atoms with van der Waals surface area (Å²) in [5.41, 5.74) is 2.10. The monoisotopic (exact) mass is 831 g/mol. The van der Waals surface area contributed by atoms with Crippen molar-refractivity contribution in [1.82, 2.24) is 0 Å². The van der Waals surface area contributed by atoms with E-state index in [1.165, 1.54) is 19.3 Å². The highest BCUT2D eigenvalue weighted by molar-refractivity contribution is 5.41. The lowest BCUT2D eigenvalue weighted by atomic mass is 9.78.